The van der Waals surface area contributed by atoms with E-state index in [1.165, 1.54) is 0 Å². The summed E-state index contributed by atoms with van der Waals surface area (Å²) in [5.74, 6) is 0. The van der Waals surface area contributed by atoms with E-state index in [2.05, 4.69) is 16.3 Å². The van der Waals surface area contributed by atoms with Gasteiger partial charge in [0.25, 0.3) is 0 Å². The second-order valence-corrected chi connectivity index (χ2v) is 1.09. The topological polar surface area (TPSA) is 52.5 Å². The molecular weight excluding hydrogens is 274 g/mol. The molecule has 42 valence electrons. The Balaban J connectivity index is 0.000000490. The van der Waals surface area contributed by atoms with Crippen molar-refractivity contribution in [2.24, 2.45) is 0 Å². The Kier molecular flexibility index (Phi) is 3.36. The number of aromatic nitrogens is 2. The van der Waals surface area contributed by atoms with Gasteiger partial charge in [0.15, 0.2) is 0 Å². The molecule has 0 unspecified atom stereocenters. The van der Waals surface area contributed by atoms with Crippen molar-refractivity contribution in [3.8, 4) is 0 Å². The monoisotopic (exact) mass is 278 g/mol. The zero-order chi connectivity index (χ0) is 5.11. The molecular formula is C4H4N3W-. The van der Waals surface area contributed by atoms with Crippen LogP contribution in [0.1, 0.15) is 0 Å². The normalized spacial score (nSPS) is 7.50. The van der Waals surface area contributed by atoms with Gasteiger partial charge in [-0.3, -0.25) is 0 Å². The van der Waals surface area contributed by atoms with Crippen molar-refractivity contribution in [2.75, 3.05) is 0 Å². The fourth-order valence-electron chi connectivity index (χ4n) is 0.288. The number of rotatable bonds is 0. The van der Waals surface area contributed by atoms with E-state index < -0.39 is 0 Å². The number of nitrogens with one attached hydrogen (secondary N) is 2. The molecule has 3 nitrogen and oxygen atoms in total. The van der Waals surface area contributed by atoms with Gasteiger partial charge in [-0.25, -0.2) is 0 Å². The van der Waals surface area contributed by atoms with Gasteiger partial charge in [-0.15, -0.1) is 12.3 Å². The smallest absolute Gasteiger partial charge is 0.0321 e. The van der Waals surface area contributed by atoms with E-state index in [0.29, 0.717) is 0 Å². The molecule has 0 aliphatic carbocycles. The Labute approximate surface area is 60.9 Å². The third-order valence-corrected chi connectivity index (χ3v) is 0.565. The van der Waals surface area contributed by atoms with E-state index in [1.54, 1.807) is 12.3 Å². The van der Waals surface area contributed by atoms with Crippen molar-refractivity contribution < 1.29 is 21.1 Å². The predicted octanol–water partition coefficient (Wildman–Crippen LogP) is -0.313. The van der Waals surface area contributed by atoms with Crippen LogP contribution in [0.5, 0.6) is 0 Å². The third kappa shape index (κ3) is 2.03. The third-order valence-electron chi connectivity index (χ3n) is 0.565. The number of hydrogen-bond donors (Lipinski definition) is 2. The fourth-order valence-corrected chi connectivity index (χ4v) is 0.288. The van der Waals surface area contributed by atoms with Gasteiger partial charge in [0, 0.05) is 32.9 Å². The van der Waals surface area contributed by atoms with Crippen molar-refractivity contribution in [2.45, 2.75) is 0 Å². The summed E-state index contributed by atoms with van der Waals surface area (Å²) in [5.41, 5.74) is 0.235. The average molecular weight is 278 g/mol. The number of H-pyrrole nitrogens is 1. The van der Waals surface area contributed by atoms with Crippen LogP contribution in [-0.2, 0) is 21.1 Å². The first-order valence-corrected chi connectivity index (χ1v) is 1.86. The summed E-state index contributed by atoms with van der Waals surface area (Å²) >= 11 is 0. The molecule has 1 aromatic heterocycles. The summed E-state index contributed by atoms with van der Waals surface area (Å²) in [7, 11) is 0. The minimum Gasteiger partial charge on any atom is -0.459 e. The predicted molar refractivity (Wildman–Crippen MR) is 23.3 cm³/mol. The van der Waals surface area contributed by atoms with Crippen LogP contribution in [0.4, 0.5) is 0 Å². The van der Waals surface area contributed by atoms with Crippen LogP contribution < -0.4 is 5.49 Å². The fraction of sp³-hybridized carbons (Fsp3) is 0. The van der Waals surface area contributed by atoms with Crippen LogP contribution in [0.3, 0.4) is 0 Å². The first-order valence-electron chi connectivity index (χ1n) is 1.86. The molecule has 8 heavy (non-hydrogen) atoms. The summed E-state index contributed by atoms with van der Waals surface area (Å²) < 4.78 is 0. The Morgan fingerprint density at radius 3 is 2.75 bits per heavy atom. The molecule has 1 heterocycles. The van der Waals surface area contributed by atoms with Crippen molar-refractivity contribution in [1.82, 2.24) is 9.97 Å². The molecule has 0 aromatic carbocycles. The van der Waals surface area contributed by atoms with Crippen LogP contribution in [-0.4, -0.2) is 9.97 Å². The van der Waals surface area contributed by atoms with Crippen LogP contribution in [0.15, 0.2) is 12.3 Å². The van der Waals surface area contributed by atoms with E-state index in [1.807, 2.05) is 0 Å². The quantitative estimate of drug-likeness (QED) is 0.628. The number of aromatic amines is 1. The van der Waals surface area contributed by atoms with Gasteiger partial charge in [-0.05, 0) is 0 Å². The van der Waals surface area contributed by atoms with Crippen molar-refractivity contribution in [3.63, 3.8) is 0 Å². The maximum absolute atomic E-state index is 6.83. The molecule has 1 rings (SSSR count). The van der Waals surface area contributed by atoms with Gasteiger partial charge >= 0.3 is 0 Å². The molecule has 0 spiro atoms. The Morgan fingerprint density at radius 1 is 1.75 bits per heavy atom. The van der Waals surface area contributed by atoms with Gasteiger partial charge in [0.1, 0.15) is 0 Å². The van der Waals surface area contributed by atoms with Crippen LogP contribution in [0, 0.1) is 11.7 Å². The standard InChI is InChI=1S/C4H4N3.W/c5-4-1-2-6-3-7-4;/h1-2H,(H2,5,6,7);/q-1;. The second kappa shape index (κ2) is 3.56. The molecule has 0 amide bonds. The first-order chi connectivity index (χ1) is 3.39. The zero-order valence-corrected chi connectivity index (χ0v) is 6.94. The van der Waals surface area contributed by atoms with Gasteiger partial charge < -0.3 is 15.4 Å². The molecule has 0 saturated heterocycles. The summed E-state index contributed by atoms with van der Waals surface area (Å²) in [4.78, 5) is 6.04. The molecule has 0 bridgehead atoms. The Bertz CT molecular complexity index is 177. The van der Waals surface area contributed by atoms with Crippen molar-refractivity contribution >= 4 is 0 Å². The Morgan fingerprint density at radius 2 is 2.50 bits per heavy atom. The van der Waals surface area contributed by atoms with Crippen LogP contribution >= 0.6 is 0 Å². The van der Waals surface area contributed by atoms with Gasteiger partial charge in [-0.1, -0.05) is 0 Å². The molecule has 0 aliphatic rings. The van der Waals surface area contributed by atoms with Gasteiger partial charge in [-0.2, -0.15) is 0 Å². The molecule has 0 radical (unpaired) electrons. The van der Waals surface area contributed by atoms with E-state index in [-0.39, 0.29) is 26.6 Å². The van der Waals surface area contributed by atoms with E-state index >= 15 is 0 Å². The van der Waals surface area contributed by atoms with Gasteiger partial charge in [0.05, 0.1) is 0 Å². The molecule has 0 fully saturated rings. The SMILES string of the molecule is N=c1cc[nH][c-]n1.[W]. The van der Waals surface area contributed by atoms with Crippen molar-refractivity contribution in [3.05, 3.63) is 24.1 Å². The summed E-state index contributed by atoms with van der Waals surface area (Å²) in [6.45, 7) is 0. The second-order valence-electron chi connectivity index (χ2n) is 1.09. The molecule has 0 saturated carbocycles. The molecule has 1 aromatic rings. The minimum atomic E-state index is 0. The maximum Gasteiger partial charge on any atom is 0.0321 e. The average Bonchev–Trinajstić information content (AvgIpc) is 1.69. The first kappa shape index (κ1) is 7.57. The number of nitrogens with zero attached hydrogens (tertiary/aromatic N) is 1. The molecule has 4 heteroatoms. The molecule has 2 N–H and O–H groups in total. The largest absolute Gasteiger partial charge is 0.459 e. The van der Waals surface area contributed by atoms with Crippen molar-refractivity contribution in [1.29, 1.82) is 5.41 Å². The summed E-state index contributed by atoms with van der Waals surface area (Å²) in [6, 6.07) is 1.55. The minimum absolute atomic E-state index is 0. The summed E-state index contributed by atoms with van der Waals surface area (Å²) in [6.07, 6.45) is 4.00. The van der Waals surface area contributed by atoms with Crippen LogP contribution in [0.25, 0.3) is 0 Å². The van der Waals surface area contributed by atoms with E-state index in [0.717, 1.165) is 0 Å². The van der Waals surface area contributed by atoms with E-state index in [9.17, 15) is 0 Å². The summed E-state index contributed by atoms with van der Waals surface area (Å²) in [5, 5.41) is 6.83. The van der Waals surface area contributed by atoms with Crippen LogP contribution in [0.2, 0.25) is 0 Å². The maximum atomic E-state index is 6.83. The number of hydrogen-bond acceptors (Lipinski definition) is 2. The zero-order valence-electron chi connectivity index (χ0n) is 4.01. The molecule has 0 atom stereocenters. The van der Waals surface area contributed by atoms with Gasteiger partial charge in [0.2, 0.25) is 0 Å². The van der Waals surface area contributed by atoms with E-state index in [4.69, 9.17) is 5.41 Å². The molecule has 0 aliphatic heterocycles. The Hall–Kier alpha value is -0.432.